The van der Waals surface area contributed by atoms with E-state index in [-0.39, 0.29) is 6.61 Å². The number of hydrogen-bond acceptors (Lipinski definition) is 8. The topological polar surface area (TPSA) is 105 Å². The average Bonchev–Trinajstić information content (AvgIpc) is 3.15. The number of aliphatic hydroxyl groups excluding tert-OH is 2. The zero-order valence-electron chi connectivity index (χ0n) is 12.7. The van der Waals surface area contributed by atoms with E-state index in [9.17, 15) is 10.2 Å². The summed E-state index contributed by atoms with van der Waals surface area (Å²) in [6.07, 6.45) is 2.09. The molecule has 1 aliphatic rings. The molecule has 0 radical (unpaired) electrons. The third-order valence-corrected chi connectivity index (χ3v) is 4.51. The van der Waals surface area contributed by atoms with E-state index in [0.717, 1.165) is 0 Å². The zero-order chi connectivity index (χ0) is 16.4. The minimum atomic E-state index is -0.706. The summed E-state index contributed by atoms with van der Waals surface area (Å²) in [4.78, 5) is 13.3. The van der Waals surface area contributed by atoms with Crippen molar-refractivity contribution in [3.63, 3.8) is 0 Å². The highest BCUT2D eigenvalue weighted by molar-refractivity contribution is 7.99. The molecule has 3 N–H and O–H groups in total. The molecule has 0 amide bonds. The summed E-state index contributed by atoms with van der Waals surface area (Å²) < 4.78 is 7.46. The monoisotopic (exact) mass is 337 g/mol. The van der Waals surface area contributed by atoms with Gasteiger partial charge in [0.05, 0.1) is 19.0 Å². The van der Waals surface area contributed by atoms with Gasteiger partial charge in [-0.1, -0.05) is 17.8 Å². The lowest BCUT2D eigenvalue weighted by atomic mass is 10.2. The fraction of sp³-hybridized carbons (Fsp3) is 0.500. The number of anilines is 1. The molecule has 124 valence electrons. The van der Waals surface area contributed by atoms with Gasteiger partial charge in [-0.3, -0.25) is 4.57 Å². The van der Waals surface area contributed by atoms with Crippen molar-refractivity contribution < 1.29 is 14.9 Å². The number of nitrogens with one attached hydrogen (secondary N) is 1. The largest absolute Gasteiger partial charge is 0.394 e. The van der Waals surface area contributed by atoms with Crippen LogP contribution in [0.25, 0.3) is 11.2 Å². The molecule has 0 unspecified atom stereocenters. The van der Waals surface area contributed by atoms with Gasteiger partial charge in [-0.25, -0.2) is 15.0 Å². The Kier molecular flexibility index (Phi) is 4.81. The smallest absolute Gasteiger partial charge is 0.191 e. The molecule has 0 spiro atoms. The fourth-order valence-corrected chi connectivity index (χ4v) is 3.10. The number of nitrogens with zero attached hydrogens (tertiary/aromatic N) is 4. The molecule has 1 saturated heterocycles. The van der Waals surface area contributed by atoms with Crippen LogP contribution in [0.1, 0.15) is 12.6 Å². The van der Waals surface area contributed by atoms with Crippen molar-refractivity contribution in [1.29, 1.82) is 0 Å². The molecule has 0 aromatic carbocycles. The number of ether oxygens (including phenoxy) is 1. The minimum absolute atomic E-state index is 0.221. The van der Waals surface area contributed by atoms with Crippen LogP contribution in [0.4, 0.5) is 5.82 Å². The van der Waals surface area contributed by atoms with Gasteiger partial charge in [0.25, 0.3) is 0 Å². The minimum Gasteiger partial charge on any atom is -0.394 e. The van der Waals surface area contributed by atoms with Gasteiger partial charge in [0.2, 0.25) is 0 Å². The Balaban J connectivity index is 1.99. The number of thioether (sulfide) groups is 1. The van der Waals surface area contributed by atoms with E-state index < -0.39 is 18.4 Å². The Morgan fingerprint density at radius 2 is 2.39 bits per heavy atom. The molecule has 3 atom stereocenters. The van der Waals surface area contributed by atoms with Gasteiger partial charge in [0, 0.05) is 19.2 Å². The molecule has 0 bridgehead atoms. The molecule has 23 heavy (non-hydrogen) atoms. The van der Waals surface area contributed by atoms with Crippen molar-refractivity contribution in [3.8, 4) is 0 Å². The van der Waals surface area contributed by atoms with Crippen molar-refractivity contribution in [3.05, 3.63) is 19.0 Å². The number of aliphatic hydroxyl groups is 2. The molecular weight excluding hydrogens is 318 g/mol. The molecule has 8 nitrogen and oxygen atoms in total. The number of hydrogen-bond donors (Lipinski definition) is 3. The second kappa shape index (κ2) is 6.83. The lowest BCUT2D eigenvalue weighted by Crippen LogP contribution is -2.24. The van der Waals surface area contributed by atoms with Crippen LogP contribution in [0.5, 0.6) is 0 Å². The van der Waals surface area contributed by atoms with Crippen molar-refractivity contribution in [2.45, 2.75) is 30.0 Å². The zero-order valence-corrected chi connectivity index (χ0v) is 13.5. The van der Waals surface area contributed by atoms with E-state index in [2.05, 4.69) is 26.8 Å². The molecule has 3 heterocycles. The van der Waals surface area contributed by atoms with Crippen molar-refractivity contribution in [2.75, 3.05) is 24.7 Å². The van der Waals surface area contributed by atoms with E-state index >= 15 is 0 Å². The first-order chi connectivity index (χ1) is 11.2. The Bertz CT molecular complexity index is 707. The Labute approximate surface area is 137 Å². The summed E-state index contributed by atoms with van der Waals surface area (Å²) in [5, 5.41) is 22.8. The highest BCUT2D eigenvalue weighted by Crippen LogP contribution is 2.32. The van der Waals surface area contributed by atoms with E-state index in [4.69, 9.17) is 4.74 Å². The number of rotatable bonds is 6. The Hall–Kier alpha value is -1.68. The molecule has 0 aliphatic carbocycles. The van der Waals surface area contributed by atoms with Gasteiger partial charge in [-0.05, 0) is 0 Å². The maximum absolute atomic E-state index is 9.92. The van der Waals surface area contributed by atoms with E-state index in [0.29, 0.717) is 34.3 Å². The molecule has 9 heteroatoms. The third kappa shape index (κ3) is 3.05. The summed E-state index contributed by atoms with van der Waals surface area (Å²) in [6.45, 7) is 3.48. The summed E-state index contributed by atoms with van der Waals surface area (Å²) in [5.41, 5.74) is 1.27. The normalized spacial score (nSPS) is 24.2. The standard InChI is InChI=1S/C14H19N5O3S/c1-3-4-23-14-17-12(15-2)11-13(18-14)19(7-16-11)10-5-8(21)9(6-20)22-10/h3,7-10,20-21H,1,4-6H2,2H3,(H,15,17,18)/t8-,9+,10+/m0/s1. The maximum atomic E-state index is 9.92. The van der Waals surface area contributed by atoms with Crippen LogP contribution in [0, 0.1) is 0 Å². The van der Waals surface area contributed by atoms with Crippen LogP contribution in [-0.4, -0.2) is 61.3 Å². The fourth-order valence-electron chi connectivity index (χ4n) is 2.53. The van der Waals surface area contributed by atoms with Gasteiger partial charge in [0.15, 0.2) is 22.1 Å². The summed E-state index contributed by atoms with van der Waals surface area (Å²) >= 11 is 1.47. The highest BCUT2D eigenvalue weighted by atomic mass is 32.2. The average molecular weight is 337 g/mol. The first-order valence-corrected chi connectivity index (χ1v) is 8.27. The van der Waals surface area contributed by atoms with Crippen molar-refractivity contribution in [1.82, 2.24) is 19.5 Å². The van der Waals surface area contributed by atoms with Crippen LogP contribution in [-0.2, 0) is 4.74 Å². The Morgan fingerprint density at radius 1 is 1.57 bits per heavy atom. The lowest BCUT2D eigenvalue weighted by molar-refractivity contribution is -0.0432. The molecule has 3 rings (SSSR count). The number of imidazole rings is 1. The molecule has 0 saturated carbocycles. The first kappa shape index (κ1) is 16.2. The maximum Gasteiger partial charge on any atom is 0.191 e. The molecular formula is C14H19N5O3S. The van der Waals surface area contributed by atoms with Crippen LogP contribution in [0.2, 0.25) is 0 Å². The quantitative estimate of drug-likeness (QED) is 0.404. The van der Waals surface area contributed by atoms with Crippen LogP contribution in [0.15, 0.2) is 24.1 Å². The predicted octanol–water partition coefficient (Wildman–Crippen LogP) is 0.787. The highest BCUT2D eigenvalue weighted by Gasteiger charge is 2.35. The summed E-state index contributed by atoms with van der Waals surface area (Å²) in [5.74, 6) is 1.34. The van der Waals surface area contributed by atoms with Gasteiger partial charge in [0.1, 0.15) is 12.3 Å². The first-order valence-electron chi connectivity index (χ1n) is 7.28. The lowest BCUT2D eigenvalue weighted by Gasteiger charge is -2.14. The van der Waals surface area contributed by atoms with E-state index in [1.807, 2.05) is 0 Å². The van der Waals surface area contributed by atoms with E-state index in [1.165, 1.54) is 11.8 Å². The second-order valence-electron chi connectivity index (χ2n) is 5.14. The second-order valence-corrected chi connectivity index (χ2v) is 6.13. The van der Waals surface area contributed by atoms with Crippen LogP contribution >= 0.6 is 11.8 Å². The molecule has 2 aromatic rings. The number of fused-ring (bicyclic) bond motifs is 1. The molecule has 2 aromatic heterocycles. The predicted molar refractivity (Wildman–Crippen MR) is 87.4 cm³/mol. The molecule has 1 fully saturated rings. The van der Waals surface area contributed by atoms with Crippen LogP contribution in [0.3, 0.4) is 0 Å². The van der Waals surface area contributed by atoms with Gasteiger partial charge < -0.3 is 20.3 Å². The summed E-state index contributed by atoms with van der Waals surface area (Å²) in [6, 6.07) is 0. The number of aromatic nitrogens is 4. The third-order valence-electron chi connectivity index (χ3n) is 3.66. The Morgan fingerprint density at radius 3 is 3.04 bits per heavy atom. The van der Waals surface area contributed by atoms with Gasteiger partial charge in [-0.15, -0.1) is 6.58 Å². The SMILES string of the molecule is C=CCSc1nc(NC)c2ncn([C@H]3C[C@H](O)[C@@H](CO)O3)c2n1. The van der Waals surface area contributed by atoms with Crippen LogP contribution < -0.4 is 5.32 Å². The van der Waals surface area contributed by atoms with E-state index in [1.54, 1.807) is 24.0 Å². The van der Waals surface area contributed by atoms with Gasteiger partial charge >= 0.3 is 0 Å². The summed E-state index contributed by atoms with van der Waals surface area (Å²) in [7, 11) is 1.78. The van der Waals surface area contributed by atoms with Crippen molar-refractivity contribution in [2.24, 2.45) is 0 Å². The molecule has 1 aliphatic heterocycles. The van der Waals surface area contributed by atoms with Crippen molar-refractivity contribution >= 4 is 28.7 Å². The van der Waals surface area contributed by atoms with Gasteiger partial charge in [-0.2, -0.15) is 0 Å².